The summed E-state index contributed by atoms with van der Waals surface area (Å²) in [6.07, 6.45) is 4.65. The molecule has 2 heterocycles. The van der Waals surface area contributed by atoms with Crippen molar-refractivity contribution in [2.24, 2.45) is 5.92 Å². The lowest BCUT2D eigenvalue weighted by Gasteiger charge is -2.18. The predicted octanol–water partition coefficient (Wildman–Crippen LogP) is 4.67. The SMILES string of the molecule is [C-]#[N+]c1cc(N2CCC(Cc3cccc(F)c3C)C2=O)ccc1-c1cn[nH]c1. The largest absolute Gasteiger partial charge is 0.313 e. The van der Waals surface area contributed by atoms with Crippen molar-refractivity contribution in [1.82, 2.24) is 10.2 Å². The molecule has 1 unspecified atom stereocenters. The quantitative estimate of drug-likeness (QED) is 0.675. The van der Waals surface area contributed by atoms with Gasteiger partial charge in [0.05, 0.1) is 12.8 Å². The highest BCUT2D eigenvalue weighted by Crippen LogP contribution is 2.36. The van der Waals surface area contributed by atoms with Crippen LogP contribution in [0.15, 0.2) is 48.8 Å². The van der Waals surface area contributed by atoms with E-state index in [0.717, 1.165) is 22.4 Å². The molecule has 28 heavy (non-hydrogen) atoms. The number of nitrogens with one attached hydrogen (secondary N) is 1. The lowest BCUT2D eigenvalue weighted by atomic mass is 9.95. The number of halogens is 1. The fourth-order valence-electron chi connectivity index (χ4n) is 3.75. The van der Waals surface area contributed by atoms with Gasteiger partial charge in [-0.25, -0.2) is 9.24 Å². The summed E-state index contributed by atoms with van der Waals surface area (Å²) >= 11 is 0. The minimum Gasteiger partial charge on any atom is -0.313 e. The summed E-state index contributed by atoms with van der Waals surface area (Å²) in [6, 6.07) is 10.5. The van der Waals surface area contributed by atoms with E-state index in [0.29, 0.717) is 30.6 Å². The first-order valence-corrected chi connectivity index (χ1v) is 9.14. The van der Waals surface area contributed by atoms with Crippen LogP contribution in [0.3, 0.4) is 0 Å². The van der Waals surface area contributed by atoms with E-state index in [-0.39, 0.29) is 17.6 Å². The summed E-state index contributed by atoms with van der Waals surface area (Å²) in [5.74, 6) is -0.391. The minimum absolute atomic E-state index is 0.0238. The summed E-state index contributed by atoms with van der Waals surface area (Å²) in [5.41, 5.74) is 4.31. The summed E-state index contributed by atoms with van der Waals surface area (Å²) < 4.78 is 13.8. The van der Waals surface area contributed by atoms with Crippen molar-refractivity contribution in [3.05, 3.63) is 77.2 Å². The van der Waals surface area contributed by atoms with Crippen LogP contribution in [0, 0.1) is 25.2 Å². The van der Waals surface area contributed by atoms with Gasteiger partial charge in [0.2, 0.25) is 5.91 Å². The second-order valence-electron chi connectivity index (χ2n) is 7.00. The van der Waals surface area contributed by atoms with Gasteiger partial charge in [-0.3, -0.25) is 9.89 Å². The molecule has 140 valence electrons. The smallest absolute Gasteiger partial charge is 0.230 e. The van der Waals surface area contributed by atoms with Crippen molar-refractivity contribution in [3.63, 3.8) is 0 Å². The third-order valence-electron chi connectivity index (χ3n) is 5.39. The second kappa shape index (κ2) is 7.28. The van der Waals surface area contributed by atoms with Crippen molar-refractivity contribution in [1.29, 1.82) is 0 Å². The number of hydrogen-bond donors (Lipinski definition) is 1. The molecule has 1 amide bonds. The van der Waals surface area contributed by atoms with Crippen molar-refractivity contribution < 1.29 is 9.18 Å². The maximum Gasteiger partial charge on any atom is 0.230 e. The Morgan fingerprint density at radius 2 is 2.21 bits per heavy atom. The lowest BCUT2D eigenvalue weighted by Crippen LogP contribution is -2.27. The molecule has 5 nitrogen and oxygen atoms in total. The lowest BCUT2D eigenvalue weighted by molar-refractivity contribution is -0.120. The molecule has 1 atom stereocenters. The summed E-state index contributed by atoms with van der Waals surface area (Å²) in [7, 11) is 0. The van der Waals surface area contributed by atoms with E-state index in [4.69, 9.17) is 6.57 Å². The Balaban J connectivity index is 1.57. The van der Waals surface area contributed by atoms with Crippen LogP contribution in [0.25, 0.3) is 16.0 Å². The molecular weight excluding hydrogens is 355 g/mol. The number of aromatic nitrogens is 2. The molecule has 1 aliphatic heterocycles. The average Bonchev–Trinajstić information content (AvgIpc) is 3.36. The molecule has 1 fully saturated rings. The van der Waals surface area contributed by atoms with Gasteiger partial charge in [0.25, 0.3) is 0 Å². The first-order chi connectivity index (χ1) is 13.6. The van der Waals surface area contributed by atoms with Crippen LogP contribution in [0.1, 0.15) is 17.5 Å². The number of aromatic amines is 1. The van der Waals surface area contributed by atoms with Crippen LogP contribution < -0.4 is 4.90 Å². The molecule has 2 aromatic carbocycles. The van der Waals surface area contributed by atoms with Crippen LogP contribution in [0.4, 0.5) is 15.8 Å². The number of carbonyl (C=O) groups excluding carboxylic acids is 1. The van der Waals surface area contributed by atoms with Gasteiger partial charge >= 0.3 is 0 Å². The van der Waals surface area contributed by atoms with E-state index in [2.05, 4.69) is 15.0 Å². The zero-order valence-electron chi connectivity index (χ0n) is 15.4. The molecule has 1 aliphatic rings. The van der Waals surface area contributed by atoms with Crippen molar-refractivity contribution >= 4 is 17.3 Å². The maximum atomic E-state index is 13.8. The van der Waals surface area contributed by atoms with E-state index in [9.17, 15) is 9.18 Å². The van der Waals surface area contributed by atoms with Crippen molar-refractivity contribution in [2.75, 3.05) is 11.4 Å². The summed E-state index contributed by atoms with van der Waals surface area (Å²) in [5, 5.41) is 6.68. The predicted molar refractivity (Wildman–Crippen MR) is 106 cm³/mol. The molecule has 0 bridgehead atoms. The zero-order chi connectivity index (χ0) is 19.7. The number of nitrogens with zero attached hydrogens (tertiary/aromatic N) is 3. The Bertz CT molecular complexity index is 1070. The standard InChI is InChI=1S/C22H19FN4O/c1-14-15(4-3-5-20(14)23)10-16-8-9-27(22(16)28)18-6-7-19(21(11-18)24-2)17-12-25-26-13-17/h3-7,11-13,16H,8-10H2,1H3,(H,25,26). The maximum absolute atomic E-state index is 13.8. The van der Waals surface area contributed by atoms with Crippen LogP contribution in [0.2, 0.25) is 0 Å². The van der Waals surface area contributed by atoms with Gasteiger partial charge in [-0.1, -0.05) is 18.2 Å². The van der Waals surface area contributed by atoms with E-state index < -0.39 is 0 Å². The number of H-pyrrole nitrogens is 1. The Morgan fingerprint density at radius 1 is 1.36 bits per heavy atom. The number of anilines is 1. The third-order valence-corrected chi connectivity index (χ3v) is 5.39. The first kappa shape index (κ1) is 17.9. The van der Waals surface area contributed by atoms with E-state index >= 15 is 0 Å². The Kier molecular flexibility index (Phi) is 4.66. The van der Waals surface area contributed by atoms with E-state index in [1.54, 1.807) is 36.4 Å². The molecule has 0 saturated carbocycles. The van der Waals surface area contributed by atoms with Gasteiger partial charge < -0.3 is 4.90 Å². The Morgan fingerprint density at radius 3 is 2.96 bits per heavy atom. The molecule has 1 N–H and O–H groups in total. The van der Waals surface area contributed by atoms with E-state index in [1.807, 2.05) is 18.2 Å². The fraction of sp³-hybridized carbons (Fsp3) is 0.227. The highest BCUT2D eigenvalue weighted by Gasteiger charge is 2.33. The fourth-order valence-corrected chi connectivity index (χ4v) is 3.75. The van der Waals surface area contributed by atoms with Gasteiger partial charge in [-0.2, -0.15) is 5.10 Å². The number of benzene rings is 2. The molecule has 0 aliphatic carbocycles. The monoisotopic (exact) mass is 374 g/mol. The van der Waals surface area contributed by atoms with Crippen LogP contribution >= 0.6 is 0 Å². The number of carbonyl (C=O) groups is 1. The molecule has 0 spiro atoms. The van der Waals surface area contributed by atoms with Crippen molar-refractivity contribution in [2.45, 2.75) is 19.8 Å². The topological polar surface area (TPSA) is 53.4 Å². The molecule has 4 rings (SSSR count). The molecule has 6 heteroatoms. The first-order valence-electron chi connectivity index (χ1n) is 9.14. The average molecular weight is 374 g/mol. The van der Waals surface area contributed by atoms with Crippen LogP contribution in [-0.4, -0.2) is 22.6 Å². The van der Waals surface area contributed by atoms with Crippen molar-refractivity contribution in [3.8, 4) is 11.1 Å². The molecular formula is C22H19FN4O. The second-order valence-corrected chi connectivity index (χ2v) is 7.00. The number of rotatable bonds is 4. The third kappa shape index (κ3) is 3.16. The van der Waals surface area contributed by atoms with Gasteiger partial charge in [0.1, 0.15) is 5.82 Å². The number of hydrogen-bond acceptors (Lipinski definition) is 2. The van der Waals surface area contributed by atoms with Crippen LogP contribution in [0.5, 0.6) is 0 Å². The summed E-state index contributed by atoms with van der Waals surface area (Å²) in [4.78, 5) is 18.3. The highest BCUT2D eigenvalue weighted by atomic mass is 19.1. The molecule has 0 radical (unpaired) electrons. The van der Waals surface area contributed by atoms with Gasteiger partial charge in [-0.15, -0.1) is 0 Å². The molecule has 1 saturated heterocycles. The Labute approximate surface area is 162 Å². The molecule has 1 aromatic heterocycles. The zero-order valence-corrected chi connectivity index (χ0v) is 15.4. The Hall–Kier alpha value is -3.46. The van der Waals surface area contributed by atoms with Gasteiger partial charge in [0.15, 0.2) is 5.69 Å². The number of amides is 1. The normalized spacial score (nSPS) is 16.4. The molecule has 3 aromatic rings. The highest BCUT2D eigenvalue weighted by molar-refractivity contribution is 5.98. The van der Waals surface area contributed by atoms with Gasteiger partial charge in [0, 0.05) is 29.9 Å². The van der Waals surface area contributed by atoms with E-state index in [1.165, 1.54) is 6.07 Å². The van der Waals surface area contributed by atoms with Gasteiger partial charge in [-0.05, 0) is 54.7 Å². The minimum atomic E-state index is -0.240. The van der Waals surface area contributed by atoms with Crippen LogP contribution in [-0.2, 0) is 11.2 Å². The summed E-state index contributed by atoms with van der Waals surface area (Å²) in [6.45, 7) is 9.84.